The molecule has 3 heteroatoms. The molecule has 2 rings (SSSR count). The fraction of sp³-hybridized carbons (Fsp3) is 0.538. The van der Waals surface area contributed by atoms with Gasteiger partial charge in [0.25, 0.3) is 0 Å². The van der Waals surface area contributed by atoms with E-state index in [-0.39, 0.29) is 0 Å². The third-order valence-electron chi connectivity index (χ3n) is 3.14. The highest BCUT2D eigenvalue weighted by Crippen LogP contribution is 2.35. The van der Waals surface area contributed by atoms with Gasteiger partial charge in [-0.2, -0.15) is 0 Å². The van der Waals surface area contributed by atoms with Crippen LogP contribution < -0.4 is 5.32 Å². The van der Waals surface area contributed by atoms with Gasteiger partial charge in [-0.25, -0.2) is 0 Å². The second kappa shape index (κ2) is 5.52. The van der Waals surface area contributed by atoms with E-state index in [2.05, 4.69) is 34.2 Å². The summed E-state index contributed by atoms with van der Waals surface area (Å²) in [5, 5.41) is 4.42. The maximum Gasteiger partial charge on any atom is 0.0451 e. The van der Waals surface area contributed by atoms with Crippen molar-refractivity contribution in [2.24, 2.45) is 5.92 Å². The quantitative estimate of drug-likeness (QED) is 0.851. The van der Waals surface area contributed by atoms with Crippen molar-refractivity contribution in [3.63, 3.8) is 0 Å². The predicted octanol–water partition coefficient (Wildman–Crippen LogP) is 4.38. The molecule has 1 aromatic rings. The summed E-state index contributed by atoms with van der Waals surface area (Å²) in [4.78, 5) is 0. The summed E-state index contributed by atoms with van der Waals surface area (Å²) >= 11 is 9.61. The third kappa shape index (κ3) is 3.22. The summed E-state index contributed by atoms with van der Waals surface area (Å²) in [6, 6.07) is 6.73. The van der Waals surface area contributed by atoms with Crippen molar-refractivity contribution >= 4 is 27.5 Å². The fourth-order valence-electron chi connectivity index (χ4n) is 2.11. The number of hydrogen-bond donors (Lipinski definition) is 1. The van der Waals surface area contributed by atoms with Gasteiger partial charge >= 0.3 is 0 Å². The van der Waals surface area contributed by atoms with Crippen LogP contribution >= 0.6 is 27.5 Å². The summed E-state index contributed by atoms with van der Waals surface area (Å²) in [6.45, 7) is 3.13. The van der Waals surface area contributed by atoms with Crippen LogP contribution in [0.3, 0.4) is 0 Å². The molecule has 1 aliphatic rings. The first kappa shape index (κ1) is 12.4. The molecular formula is C13H17BrClN. The Hall–Kier alpha value is -0.0500. The van der Waals surface area contributed by atoms with E-state index < -0.39 is 0 Å². The topological polar surface area (TPSA) is 12.0 Å². The van der Waals surface area contributed by atoms with Crippen LogP contribution in [0.1, 0.15) is 31.7 Å². The minimum Gasteiger partial charge on any atom is -0.310 e. The molecule has 0 aliphatic heterocycles. The molecule has 0 amide bonds. The van der Waals surface area contributed by atoms with Gasteiger partial charge in [-0.3, -0.25) is 0 Å². The van der Waals surface area contributed by atoms with E-state index in [1.807, 2.05) is 12.1 Å². The molecule has 2 unspecified atom stereocenters. The molecule has 0 spiro atoms. The van der Waals surface area contributed by atoms with E-state index in [9.17, 15) is 0 Å². The first-order chi connectivity index (χ1) is 7.70. The van der Waals surface area contributed by atoms with Gasteiger partial charge in [-0.1, -0.05) is 40.9 Å². The lowest BCUT2D eigenvalue weighted by Gasteiger charge is -2.07. The highest BCUT2D eigenvalue weighted by molar-refractivity contribution is 9.10. The van der Waals surface area contributed by atoms with E-state index in [1.54, 1.807) is 0 Å². The zero-order valence-electron chi connectivity index (χ0n) is 9.47. The van der Waals surface area contributed by atoms with E-state index in [4.69, 9.17) is 11.6 Å². The molecule has 1 N–H and O–H groups in total. The van der Waals surface area contributed by atoms with Crippen molar-refractivity contribution in [1.82, 2.24) is 5.32 Å². The molecular weight excluding hydrogens is 286 g/mol. The van der Waals surface area contributed by atoms with Crippen molar-refractivity contribution in [3.8, 4) is 0 Å². The average molecular weight is 303 g/mol. The van der Waals surface area contributed by atoms with Crippen LogP contribution in [0, 0.1) is 5.92 Å². The molecule has 1 nitrogen and oxygen atoms in total. The number of halogens is 2. The zero-order chi connectivity index (χ0) is 11.5. The van der Waals surface area contributed by atoms with Crippen LogP contribution in [-0.4, -0.2) is 6.04 Å². The molecule has 0 heterocycles. The highest BCUT2D eigenvalue weighted by Gasteiger charge is 2.35. The van der Waals surface area contributed by atoms with Crippen molar-refractivity contribution < 1.29 is 0 Å². The zero-order valence-corrected chi connectivity index (χ0v) is 11.8. The Morgan fingerprint density at radius 3 is 3.06 bits per heavy atom. The molecule has 0 saturated heterocycles. The number of benzene rings is 1. The van der Waals surface area contributed by atoms with Crippen molar-refractivity contribution in [1.29, 1.82) is 0 Å². The molecule has 1 aromatic carbocycles. The molecule has 0 aromatic heterocycles. The van der Waals surface area contributed by atoms with E-state index in [0.29, 0.717) is 0 Å². The molecule has 0 radical (unpaired) electrons. The summed E-state index contributed by atoms with van der Waals surface area (Å²) in [5.74, 6) is 0.899. The lowest BCUT2D eigenvalue weighted by molar-refractivity contribution is 0.599. The SMILES string of the molecule is CCCC1CC1NCc1cc(Br)ccc1Cl. The van der Waals surface area contributed by atoms with Gasteiger partial charge in [0, 0.05) is 22.1 Å². The lowest BCUT2D eigenvalue weighted by Crippen LogP contribution is -2.17. The van der Waals surface area contributed by atoms with Gasteiger partial charge in [0.2, 0.25) is 0 Å². The van der Waals surface area contributed by atoms with Crippen molar-refractivity contribution in [3.05, 3.63) is 33.3 Å². The molecule has 1 saturated carbocycles. The standard InChI is InChI=1S/C13H17BrClN/c1-2-3-9-7-13(9)16-8-10-6-11(14)4-5-12(10)15/h4-6,9,13,16H,2-3,7-8H2,1H3. The molecule has 16 heavy (non-hydrogen) atoms. The van der Waals surface area contributed by atoms with E-state index in [1.165, 1.54) is 24.8 Å². The van der Waals surface area contributed by atoms with Crippen LogP contribution in [0.4, 0.5) is 0 Å². The first-order valence-electron chi connectivity index (χ1n) is 5.88. The van der Waals surface area contributed by atoms with Crippen LogP contribution in [0.15, 0.2) is 22.7 Å². The second-order valence-corrected chi connectivity index (χ2v) is 5.83. The smallest absolute Gasteiger partial charge is 0.0451 e. The highest BCUT2D eigenvalue weighted by atomic mass is 79.9. The first-order valence-corrected chi connectivity index (χ1v) is 7.05. The van der Waals surface area contributed by atoms with Gasteiger partial charge < -0.3 is 5.32 Å². The number of hydrogen-bond acceptors (Lipinski definition) is 1. The number of nitrogens with one attached hydrogen (secondary N) is 1. The summed E-state index contributed by atoms with van der Waals surface area (Å²) in [6.07, 6.45) is 3.98. The van der Waals surface area contributed by atoms with Gasteiger partial charge in [0.1, 0.15) is 0 Å². The Morgan fingerprint density at radius 1 is 1.50 bits per heavy atom. The minimum atomic E-state index is 0.718. The Balaban J connectivity index is 1.84. The monoisotopic (exact) mass is 301 g/mol. The van der Waals surface area contributed by atoms with Gasteiger partial charge in [-0.15, -0.1) is 0 Å². The van der Waals surface area contributed by atoms with E-state index >= 15 is 0 Å². The Morgan fingerprint density at radius 2 is 2.31 bits per heavy atom. The normalized spacial score (nSPS) is 23.4. The Labute approximate surface area is 111 Å². The Kier molecular flexibility index (Phi) is 4.28. The van der Waals surface area contributed by atoms with Gasteiger partial charge in [-0.05, 0) is 42.5 Å². The van der Waals surface area contributed by atoms with Crippen molar-refractivity contribution in [2.75, 3.05) is 0 Å². The summed E-state index contributed by atoms with van der Waals surface area (Å²) in [7, 11) is 0. The molecule has 1 fully saturated rings. The third-order valence-corrected chi connectivity index (χ3v) is 4.01. The van der Waals surface area contributed by atoms with Crippen LogP contribution in [-0.2, 0) is 6.54 Å². The summed E-state index contributed by atoms with van der Waals surface area (Å²) in [5.41, 5.74) is 1.18. The molecule has 1 aliphatic carbocycles. The largest absolute Gasteiger partial charge is 0.310 e. The van der Waals surface area contributed by atoms with Crippen LogP contribution in [0.25, 0.3) is 0 Å². The van der Waals surface area contributed by atoms with Gasteiger partial charge in [0.15, 0.2) is 0 Å². The number of rotatable bonds is 5. The Bertz CT molecular complexity index is 367. The van der Waals surface area contributed by atoms with Crippen molar-refractivity contribution in [2.45, 2.75) is 38.8 Å². The maximum atomic E-state index is 6.14. The predicted molar refractivity (Wildman–Crippen MR) is 72.8 cm³/mol. The minimum absolute atomic E-state index is 0.718. The van der Waals surface area contributed by atoms with E-state index in [0.717, 1.165) is 28.0 Å². The van der Waals surface area contributed by atoms with Crippen LogP contribution in [0.5, 0.6) is 0 Å². The lowest BCUT2D eigenvalue weighted by atomic mass is 10.2. The summed E-state index contributed by atoms with van der Waals surface area (Å²) < 4.78 is 1.09. The molecule has 88 valence electrons. The average Bonchev–Trinajstić information content (AvgIpc) is 2.99. The van der Waals surface area contributed by atoms with Gasteiger partial charge in [0.05, 0.1) is 0 Å². The maximum absolute atomic E-state index is 6.14. The second-order valence-electron chi connectivity index (χ2n) is 4.51. The fourth-order valence-corrected chi connectivity index (χ4v) is 2.70. The molecule has 2 atom stereocenters. The van der Waals surface area contributed by atoms with Crippen LogP contribution in [0.2, 0.25) is 5.02 Å². The molecule has 0 bridgehead atoms.